The van der Waals surface area contributed by atoms with Crippen LogP contribution in [-0.4, -0.2) is 161 Å². The summed E-state index contributed by atoms with van der Waals surface area (Å²) in [6.07, 6.45) is -11.1. The second-order valence-corrected chi connectivity index (χ2v) is 17.1. The van der Waals surface area contributed by atoms with Gasteiger partial charge in [0.15, 0.2) is 36.3 Å². The molecule has 0 unspecified atom stereocenters. The molecule has 2 aromatic carbocycles. The van der Waals surface area contributed by atoms with Gasteiger partial charge in [-0.1, -0.05) is 24.3 Å². The summed E-state index contributed by atoms with van der Waals surface area (Å²) in [5, 5.41) is 69.9. The van der Waals surface area contributed by atoms with Crippen molar-refractivity contribution in [2.75, 3.05) is 13.2 Å². The number of alkyl carbamates (subject to hydrolysis) is 2. The number of hydrogen-bond acceptors (Lipinski definition) is 18. The highest BCUT2D eigenvalue weighted by Crippen LogP contribution is 2.29. The maximum absolute atomic E-state index is 13.5. The largest absolute Gasteiger partial charge is 0.477 e. The van der Waals surface area contributed by atoms with E-state index in [1.165, 1.54) is 48.5 Å². The predicted octanol–water partition coefficient (Wildman–Crippen LogP) is -4.56. The van der Waals surface area contributed by atoms with E-state index in [0.717, 1.165) is 26.0 Å². The third kappa shape index (κ3) is 14.6. The number of nitrogens with zero attached hydrogens (tertiary/aromatic N) is 2. The Hall–Kier alpha value is -7.73. The normalized spacial score (nSPS) is 21.5. The Morgan fingerprint density at radius 2 is 0.971 bits per heavy atom. The molecule has 0 saturated carbocycles. The lowest BCUT2D eigenvalue weighted by atomic mass is 9.92. The average Bonchev–Trinajstić information content (AvgIpc) is 3.28. The van der Waals surface area contributed by atoms with Crippen LogP contribution in [-0.2, 0) is 61.1 Å². The molecule has 0 fully saturated rings. The van der Waals surface area contributed by atoms with Crippen molar-refractivity contribution in [1.29, 1.82) is 0 Å². The fourth-order valence-electron chi connectivity index (χ4n) is 6.92. The quantitative estimate of drug-likeness (QED) is 0.0439. The minimum Gasteiger partial charge on any atom is -0.477 e. The summed E-state index contributed by atoms with van der Waals surface area (Å²) in [5.74, 6) is -6.92. The van der Waals surface area contributed by atoms with Gasteiger partial charge >= 0.3 is 24.1 Å². The first-order valence-corrected chi connectivity index (χ1v) is 21.8. The van der Waals surface area contributed by atoms with E-state index in [1.54, 1.807) is 0 Å². The van der Waals surface area contributed by atoms with Gasteiger partial charge < -0.3 is 93.8 Å². The number of aliphatic hydroxyl groups excluding tert-OH is 4. The van der Waals surface area contributed by atoms with Crippen molar-refractivity contribution in [3.8, 4) is 0 Å². The number of aliphatic hydroxyl groups is 4. The zero-order valence-electron chi connectivity index (χ0n) is 36.6. The van der Waals surface area contributed by atoms with Crippen LogP contribution in [0.15, 0.2) is 92.0 Å². The standard InChI is InChI=1S/C40H52N10O18S/c1-17(53)47-29-23(49-37(41)42)11-27(35(57)58)65-33(29)31(25(55)15-51)67-39(61)45-13-19-3-7-21(8-4-19)69(63,64)22-9-5-20(6-10-22)14-46-40(62)68-32(26(56)16-52)34-30(48-18(2)54)24(50-38(43)44)12-28(66-34)36(59)60/h3-12,23-26,29-34,51-52,55-56H,13-16H2,1-2H3,(H,45,61)(H,46,62)(H,47,53)(H,48,54)(H,57,58)(H,59,60)(H4,41,42,49)(H4,43,44,50)/t23-,24-,25-,26+,29+,30+,31+,32+,33+,34+/m0/s1. The monoisotopic (exact) mass is 992 g/mol. The van der Waals surface area contributed by atoms with Gasteiger partial charge in [0.05, 0.1) is 47.2 Å². The second-order valence-electron chi connectivity index (χ2n) is 15.1. The van der Waals surface area contributed by atoms with Crippen molar-refractivity contribution in [1.82, 2.24) is 21.3 Å². The number of hydrogen-bond donors (Lipinski definition) is 14. The minimum atomic E-state index is -4.15. The molecule has 4 amide bonds. The number of rotatable bonds is 20. The third-order valence-corrected chi connectivity index (χ3v) is 11.8. The van der Waals surface area contributed by atoms with Gasteiger partial charge in [0.1, 0.15) is 12.2 Å². The average molecular weight is 993 g/mol. The highest BCUT2D eigenvalue weighted by Gasteiger charge is 2.48. The Kier molecular flexibility index (Phi) is 18.6. The Bertz CT molecular complexity index is 2280. The first-order chi connectivity index (χ1) is 32.4. The predicted molar refractivity (Wildman–Crippen MR) is 234 cm³/mol. The molecule has 376 valence electrons. The van der Waals surface area contributed by atoms with E-state index in [-0.39, 0.29) is 22.9 Å². The van der Waals surface area contributed by atoms with Crippen molar-refractivity contribution in [3.05, 3.63) is 83.3 Å². The lowest BCUT2D eigenvalue weighted by Crippen LogP contribution is -2.61. The number of carboxylic acids is 2. The number of aliphatic imine (C=N–C) groups is 2. The Balaban J connectivity index is 1.41. The Morgan fingerprint density at radius 1 is 0.638 bits per heavy atom. The molecule has 2 aliphatic rings. The lowest BCUT2D eigenvalue weighted by molar-refractivity contribution is -0.147. The summed E-state index contributed by atoms with van der Waals surface area (Å²) in [4.78, 5) is 81.5. The maximum atomic E-state index is 13.5. The van der Waals surface area contributed by atoms with E-state index < -0.39 is 143 Å². The van der Waals surface area contributed by atoms with Gasteiger partial charge in [0, 0.05) is 26.9 Å². The SMILES string of the molecule is CC(=O)N[C@H]1[C@H]([C@H](OC(=O)NCc2ccc(S(=O)(=O)c3ccc(CNC(=O)O[C@@H]([C@@H]4OC(C(=O)O)=C[C@H](N=C(N)N)[C@H]4NC(C)=O)[C@@H](O)CO)cc3)cc2)[C@H](O)CO)OC(C(=O)O)=C[C@@H]1N=C(N)N. The zero-order valence-corrected chi connectivity index (χ0v) is 37.4. The molecule has 2 aliphatic heterocycles. The van der Waals surface area contributed by atoms with Crippen LogP contribution in [0.1, 0.15) is 25.0 Å². The number of sulfone groups is 1. The summed E-state index contributed by atoms with van der Waals surface area (Å²) in [6.45, 7) is -0.327. The minimum absolute atomic E-state index is 0.163. The van der Waals surface area contributed by atoms with E-state index >= 15 is 0 Å². The maximum Gasteiger partial charge on any atom is 0.407 e. The molecule has 0 saturated heterocycles. The molecule has 18 N–H and O–H groups in total. The van der Waals surface area contributed by atoms with Crippen LogP contribution in [0.4, 0.5) is 9.59 Å². The number of ether oxygens (including phenoxy) is 4. The van der Waals surface area contributed by atoms with Gasteiger partial charge in [0.25, 0.3) is 0 Å². The molecule has 0 bridgehead atoms. The van der Waals surface area contributed by atoms with Crippen molar-refractivity contribution in [2.24, 2.45) is 32.9 Å². The number of carbonyl (C=O) groups is 6. The van der Waals surface area contributed by atoms with Crippen LogP contribution >= 0.6 is 0 Å². The first-order valence-electron chi connectivity index (χ1n) is 20.3. The number of amides is 4. The fourth-order valence-corrected chi connectivity index (χ4v) is 8.18. The van der Waals surface area contributed by atoms with Crippen LogP contribution in [0.5, 0.6) is 0 Å². The van der Waals surface area contributed by atoms with E-state index in [1.807, 2.05) is 0 Å². The topological polar surface area (TPSA) is 472 Å². The van der Waals surface area contributed by atoms with Crippen molar-refractivity contribution in [2.45, 2.75) is 97.5 Å². The van der Waals surface area contributed by atoms with Crippen LogP contribution in [0.3, 0.4) is 0 Å². The third-order valence-electron chi connectivity index (χ3n) is 9.98. The van der Waals surface area contributed by atoms with Crippen LogP contribution in [0.25, 0.3) is 0 Å². The number of carboxylic acid groups (broad SMARTS) is 2. The smallest absolute Gasteiger partial charge is 0.407 e. The molecular weight excluding hydrogens is 941 g/mol. The zero-order chi connectivity index (χ0) is 51.3. The molecule has 0 aliphatic carbocycles. The van der Waals surface area contributed by atoms with Crippen molar-refractivity contribution < 1.29 is 86.8 Å². The van der Waals surface area contributed by atoms with Gasteiger partial charge in [-0.25, -0.2) is 37.6 Å². The van der Waals surface area contributed by atoms with Crippen molar-refractivity contribution >= 4 is 57.7 Å². The summed E-state index contributed by atoms with van der Waals surface area (Å²) in [6, 6.07) is 5.29. The second kappa shape index (κ2) is 23.8. The molecule has 0 spiro atoms. The van der Waals surface area contributed by atoms with Gasteiger partial charge in [-0.2, -0.15) is 0 Å². The lowest BCUT2D eigenvalue weighted by Gasteiger charge is -2.39. The summed E-state index contributed by atoms with van der Waals surface area (Å²) in [7, 11) is -4.15. The molecule has 69 heavy (non-hydrogen) atoms. The number of aliphatic carboxylic acids is 2. The van der Waals surface area contributed by atoms with Crippen LogP contribution in [0.2, 0.25) is 0 Å². The van der Waals surface area contributed by atoms with Gasteiger partial charge in [0.2, 0.25) is 33.2 Å². The van der Waals surface area contributed by atoms with E-state index in [4.69, 9.17) is 41.9 Å². The molecule has 29 heteroatoms. The number of guanidine groups is 2. The molecule has 0 radical (unpaired) electrons. The van der Waals surface area contributed by atoms with E-state index in [0.29, 0.717) is 11.1 Å². The molecule has 2 heterocycles. The summed E-state index contributed by atoms with van der Waals surface area (Å²) < 4.78 is 48.8. The highest BCUT2D eigenvalue weighted by atomic mass is 32.2. The summed E-state index contributed by atoms with van der Waals surface area (Å²) >= 11 is 0. The van der Waals surface area contributed by atoms with Crippen LogP contribution < -0.4 is 44.2 Å². The van der Waals surface area contributed by atoms with Crippen LogP contribution in [0, 0.1) is 0 Å². The number of nitrogens with two attached hydrogens (primary N) is 4. The van der Waals surface area contributed by atoms with E-state index in [9.17, 15) is 67.8 Å². The highest BCUT2D eigenvalue weighted by molar-refractivity contribution is 7.91. The first kappa shape index (κ1) is 53.9. The molecule has 28 nitrogen and oxygen atoms in total. The molecular formula is C40H52N10O18S. The number of nitrogens with one attached hydrogen (secondary N) is 4. The Morgan fingerprint density at radius 3 is 1.25 bits per heavy atom. The Labute approximate surface area is 391 Å². The summed E-state index contributed by atoms with van der Waals surface area (Å²) in [5.41, 5.74) is 22.7. The number of carbonyl (C=O) groups excluding carboxylic acids is 4. The van der Waals surface area contributed by atoms with Gasteiger partial charge in [-0.3, -0.25) is 9.59 Å². The molecule has 10 atom stereocenters. The van der Waals surface area contributed by atoms with Gasteiger partial charge in [-0.05, 0) is 47.5 Å². The van der Waals surface area contributed by atoms with Gasteiger partial charge in [-0.15, -0.1) is 0 Å². The van der Waals surface area contributed by atoms with Crippen molar-refractivity contribution in [3.63, 3.8) is 0 Å². The number of benzene rings is 2. The fraction of sp³-hybridized carbons (Fsp3) is 0.400. The molecule has 0 aromatic heterocycles. The molecule has 4 rings (SSSR count). The molecule has 2 aromatic rings. The van der Waals surface area contributed by atoms with E-state index in [2.05, 4.69) is 31.3 Å².